The van der Waals surface area contributed by atoms with Crippen LogP contribution in [0.5, 0.6) is 0 Å². The van der Waals surface area contributed by atoms with Gasteiger partial charge in [-0.25, -0.2) is 4.39 Å². The summed E-state index contributed by atoms with van der Waals surface area (Å²) in [5, 5.41) is 0. The van der Waals surface area contributed by atoms with Gasteiger partial charge in [-0.15, -0.1) is 0 Å². The number of carbonyl (C=O) groups is 1. The molecule has 0 aromatic heterocycles. The monoisotopic (exact) mass is 209 g/mol. The lowest BCUT2D eigenvalue weighted by Gasteiger charge is -2.30. The van der Waals surface area contributed by atoms with Gasteiger partial charge in [0.25, 0.3) is 0 Å². The largest absolute Gasteiger partial charge is 0.316 e. The minimum absolute atomic E-state index is 0.153. The van der Waals surface area contributed by atoms with Gasteiger partial charge in [-0.05, 0) is 44.3 Å². The number of nitrogens with zero attached hydrogens (tertiary/aromatic N) is 1. The van der Waals surface area contributed by atoms with E-state index >= 15 is 0 Å². The normalized spacial score (nSPS) is 23.2. The summed E-state index contributed by atoms with van der Waals surface area (Å²) < 4.78 is 13.4. The lowest BCUT2D eigenvalue weighted by Crippen LogP contribution is -2.35. The molecule has 0 bridgehead atoms. The first-order valence-electron chi connectivity index (χ1n) is 5.54. The third-order valence-corrected chi connectivity index (χ3v) is 3.13. The third-order valence-electron chi connectivity index (χ3n) is 3.13. The predicted octanol–water partition coefficient (Wildman–Crippen LogP) is 2.92. The molecule has 0 radical (unpaired) electrons. The Hall–Kier alpha value is -1.12. The van der Waals surface area contributed by atoms with E-state index in [9.17, 15) is 9.18 Å². The molecule has 15 heavy (non-hydrogen) atoms. The summed E-state index contributed by atoms with van der Waals surface area (Å²) >= 11 is 0. The summed E-state index contributed by atoms with van der Waals surface area (Å²) in [6.45, 7) is 2.57. The highest BCUT2D eigenvalue weighted by Gasteiger charge is 2.23. The molecule has 2 nitrogen and oxygen atoms in total. The molecule has 1 aliphatic heterocycles. The molecule has 0 spiro atoms. The van der Waals surface area contributed by atoms with Crippen LogP contribution in [0.2, 0.25) is 0 Å². The van der Waals surface area contributed by atoms with Crippen LogP contribution in [-0.4, -0.2) is 17.4 Å². The van der Waals surface area contributed by atoms with Gasteiger partial charge in [-0.2, -0.15) is 0 Å². The molecule has 0 aromatic rings. The van der Waals surface area contributed by atoms with Crippen molar-refractivity contribution >= 4 is 5.91 Å². The smallest absolute Gasteiger partial charge is 0.226 e. The van der Waals surface area contributed by atoms with Crippen LogP contribution in [0, 0.1) is 0 Å². The molecule has 2 aliphatic rings. The summed E-state index contributed by atoms with van der Waals surface area (Å²) in [4.78, 5) is 13.4. The van der Waals surface area contributed by atoms with Crippen LogP contribution in [0.4, 0.5) is 4.39 Å². The van der Waals surface area contributed by atoms with Gasteiger partial charge < -0.3 is 4.90 Å². The van der Waals surface area contributed by atoms with Gasteiger partial charge in [0.2, 0.25) is 5.91 Å². The molecular weight excluding hydrogens is 193 g/mol. The molecule has 1 fully saturated rings. The molecule has 82 valence electrons. The van der Waals surface area contributed by atoms with Crippen molar-refractivity contribution in [1.29, 1.82) is 0 Å². The second-order valence-electron chi connectivity index (χ2n) is 4.27. The Labute approximate surface area is 89.4 Å². The van der Waals surface area contributed by atoms with E-state index < -0.39 is 0 Å². The number of carbonyl (C=O) groups excluding carboxylic acids is 1. The molecular formula is C12H16FNO. The van der Waals surface area contributed by atoms with E-state index in [0.717, 1.165) is 43.5 Å². The zero-order valence-corrected chi connectivity index (χ0v) is 9.05. The quantitative estimate of drug-likeness (QED) is 0.650. The van der Waals surface area contributed by atoms with Crippen molar-refractivity contribution < 1.29 is 9.18 Å². The second-order valence-corrected chi connectivity index (χ2v) is 4.27. The van der Waals surface area contributed by atoms with Crippen LogP contribution in [0.3, 0.4) is 0 Å². The third kappa shape index (κ3) is 2.11. The van der Waals surface area contributed by atoms with E-state index in [-0.39, 0.29) is 11.7 Å². The lowest BCUT2D eigenvalue weighted by atomic mass is 10.0. The number of rotatable bonds is 1. The first-order chi connectivity index (χ1) is 7.18. The number of piperidine rings is 1. The van der Waals surface area contributed by atoms with Crippen molar-refractivity contribution in [2.75, 3.05) is 6.54 Å². The Bertz CT molecular complexity index is 344. The fourth-order valence-corrected chi connectivity index (χ4v) is 2.10. The van der Waals surface area contributed by atoms with Gasteiger partial charge in [0, 0.05) is 18.7 Å². The maximum absolute atomic E-state index is 13.4. The average Bonchev–Trinajstić information content (AvgIpc) is 2.23. The zero-order chi connectivity index (χ0) is 10.8. The summed E-state index contributed by atoms with van der Waals surface area (Å²) in [5.41, 5.74) is 1.66. The number of amides is 1. The Morgan fingerprint density at radius 2 is 2.07 bits per heavy atom. The standard InChI is InChI=1S/C12H16FNO/c1-9-5-6-10(8-11(9)13)14-7-3-2-4-12(14)15/h8H,2-7H2,1H3. The summed E-state index contributed by atoms with van der Waals surface area (Å²) in [7, 11) is 0. The molecule has 1 heterocycles. The Morgan fingerprint density at radius 1 is 1.27 bits per heavy atom. The van der Waals surface area contributed by atoms with E-state index in [1.807, 2.05) is 0 Å². The van der Waals surface area contributed by atoms with Crippen LogP contribution < -0.4 is 0 Å². The minimum atomic E-state index is -0.158. The molecule has 0 unspecified atom stereocenters. The van der Waals surface area contributed by atoms with E-state index in [1.54, 1.807) is 11.8 Å². The molecule has 0 N–H and O–H groups in total. The van der Waals surface area contributed by atoms with E-state index in [0.29, 0.717) is 6.42 Å². The van der Waals surface area contributed by atoms with Gasteiger partial charge in [0.15, 0.2) is 0 Å². The van der Waals surface area contributed by atoms with Crippen LogP contribution in [-0.2, 0) is 4.79 Å². The average molecular weight is 209 g/mol. The maximum Gasteiger partial charge on any atom is 0.226 e. The van der Waals surface area contributed by atoms with E-state index in [1.165, 1.54) is 6.08 Å². The number of hydrogen-bond donors (Lipinski definition) is 0. The SMILES string of the molecule is CC1=C(F)C=C(N2CCCCC2=O)CC1. The predicted molar refractivity (Wildman–Crippen MR) is 56.7 cm³/mol. The van der Waals surface area contributed by atoms with Gasteiger partial charge in [0.1, 0.15) is 5.83 Å². The fraction of sp³-hybridized carbons (Fsp3) is 0.583. The molecule has 2 rings (SSSR count). The topological polar surface area (TPSA) is 20.3 Å². The summed E-state index contributed by atoms with van der Waals surface area (Å²) in [5.74, 6) is -0.00511. The molecule has 3 heteroatoms. The van der Waals surface area contributed by atoms with Crippen LogP contribution in [0.25, 0.3) is 0 Å². The van der Waals surface area contributed by atoms with Crippen molar-refractivity contribution in [1.82, 2.24) is 4.90 Å². The van der Waals surface area contributed by atoms with Crippen molar-refractivity contribution in [3.63, 3.8) is 0 Å². The number of allylic oxidation sites excluding steroid dienone is 4. The second kappa shape index (κ2) is 4.17. The fourth-order valence-electron chi connectivity index (χ4n) is 2.10. The first kappa shape index (κ1) is 10.4. The van der Waals surface area contributed by atoms with Gasteiger partial charge in [-0.1, -0.05) is 0 Å². The zero-order valence-electron chi connectivity index (χ0n) is 9.05. The number of halogens is 1. The van der Waals surface area contributed by atoms with Gasteiger partial charge in [-0.3, -0.25) is 4.79 Å². The molecule has 0 aromatic carbocycles. The van der Waals surface area contributed by atoms with Crippen LogP contribution in [0.15, 0.2) is 23.2 Å². The minimum Gasteiger partial charge on any atom is -0.316 e. The van der Waals surface area contributed by atoms with Crippen LogP contribution >= 0.6 is 0 Å². The van der Waals surface area contributed by atoms with Crippen molar-refractivity contribution in [3.05, 3.63) is 23.2 Å². The van der Waals surface area contributed by atoms with E-state index in [2.05, 4.69) is 0 Å². The molecule has 1 amide bonds. The highest BCUT2D eigenvalue weighted by atomic mass is 19.1. The number of hydrogen-bond acceptors (Lipinski definition) is 1. The Kier molecular flexibility index (Phi) is 2.89. The molecule has 1 saturated heterocycles. The molecule has 0 saturated carbocycles. The van der Waals surface area contributed by atoms with Crippen molar-refractivity contribution in [2.45, 2.75) is 39.0 Å². The van der Waals surface area contributed by atoms with Gasteiger partial charge >= 0.3 is 0 Å². The lowest BCUT2D eigenvalue weighted by molar-refractivity contribution is -0.131. The highest BCUT2D eigenvalue weighted by Crippen LogP contribution is 2.28. The van der Waals surface area contributed by atoms with E-state index in [4.69, 9.17) is 0 Å². The molecule has 0 atom stereocenters. The van der Waals surface area contributed by atoms with Crippen LogP contribution in [0.1, 0.15) is 39.0 Å². The summed E-state index contributed by atoms with van der Waals surface area (Å²) in [6, 6.07) is 0. The van der Waals surface area contributed by atoms with Gasteiger partial charge in [0.05, 0.1) is 0 Å². The Morgan fingerprint density at radius 3 is 2.73 bits per heavy atom. The maximum atomic E-state index is 13.4. The summed E-state index contributed by atoms with van der Waals surface area (Å²) in [6.07, 6.45) is 5.68. The first-order valence-corrected chi connectivity index (χ1v) is 5.54. The highest BCUT2D eigenvalue weighted by molar-refractivity contribution is 5.78. The van der Waals surface area contributed by atoms with Crippen molar-refractivity contribution in [3.8, 4) is 0 Å². The number of likely N-dealkylation sites (tertiary alicyclic amines) is 1. The van der Waals surface area contributed by atoms with Crippen molar-refractivity contribution in [2.24, 2.45) is 0 Å². The molecule has 1 aliphatic carbocycles. The Balaban J connectivity index is 2.17.